The highest BCUT2D eigenvalue weighted by atomic mass is 35.5. The van der Waals surface area contributed by atoms with Crippen LogP contribution in [0.1, 0.15) is 35.6 Å². The molecule has 0 aliphatic heterocycles. The average Bonchev–Trinajstić information content (AvgIpc) is 2.55. The average molecular weight is 333 g/mol. The highest BCUT2D eigenvalue weighted by molar-refractivity contribution is 6.30. The Morgan fingerprint density at radius 3 is 2.43 bits per heavy atom. The minimum Gasteiger partial charge on any atom is -0.350 e. The van der Waals surface area contributed by atoms with Gasteiger partial charge in [-0.3, -0.25) is 4.79 Å². The number of amides is 1. The predicted molar refractivity (Wildman–Crippen MR) is 92.8 cm³/mol. The zero-order valence-electron chi connectivity index (χ0n) is 13.6. The number of hydrogen-bond donors (Lipinski definition) is 1. The third-order valence-corrected chi connectivity index (χ3v) is 3.74. The number of aromatic nitrogens is 2. The van der Waals surface area contributed by atoms with Crippen molar-refractivity contribution in [2.75, 3.05) is 18.4 Å². The summed E-state index contributed by atoms with van der Waals surface area (Å²) < 4.78 is 0. The molecule has 0 saturated carbocycles. The Hall–Kier alpha value is -2.14. The van der Waals surface area contributed by atoms with Gasteiger partial charge in [-0.2, -0.15) is 0 Å². The van der Waals surface area contributed by atoms with E-state index in [1.54, 1.807) is 11.0 Å². The van der Waals surface area contributed by atoms with Crippen LogP contribution < -0.4 is 5.32 Å². The lowest BCUT2D eigenvalue weighted by Crippen LogP contribution is -2.31. The monoisotopic (exact) mass is 332 g/mol. The van der Waals surface area contributed by atoms with Gasteiger partial charge in [0, 0.05) is 30.4 Å². The number of rotatable bonds is 6. The number of aryl methyl sites for hydroxylation is 1. The third-order valence-electron chi connectivity index (χ3n) is 3.49. The largest absolute Gasteiger partial charge is 0.350 e. The van der Waals surface area contributed by atoms with Crippen molar-refractivity contribution in [3.05, 3.63) is 52.3 Å². The van der Waals surface area contributed by atoms with Crippen molar-refractivity contribution in [1.82, 2.24) is 14.9 Å². The van der Waals surface area contributed by atoms with Crippen LogP contribution in [0, 0.1) is 6.92 Å². The van der Waals surface area contributed by atoms with Gasteiger partial charge in [-0.05, 0) is 44.5 Å². The number of anilines is 1. The van der Waals surface area contributed by atoms with Crippen molar-refractivity contribution in [3.8, 4) is 0 Å². The van der Waals surface area contributed by atoms with E-state index in [2.05, 4.69) is 15.3 Å². The molecular formula is C17H21ClN4O. The summed E-state index contributed by atoms with van der Waals surface area (Å²) >= 11 is 5.88. The van der Waals surface area contributed by atoms with Crippen LogP contribution in [-0.2, 0) is 6.54 Å². The number of carbonyl (C=O) groups is 1. The summed E-state index contributed by atoms with van der Waals surface area (Å²) in [5, 5.41) is 3.86. The van der Waals surface area contributed by atoms with E-state index in [9.17, 15) is 4.79 Å². The molecular weight excluding hydrogens is 312 g/mol. The second kappa shape index (κ2) is 7.92. The first kappa shape index (κ1) is 17.2. The minimum atomic E-state index is -0.0740. The van der Waals surface area contributed by atoms with Gasteiger partial charge in [0.05, 0.1) is 0 Å². The lowest BCUT2D eigenvalue weighted by molar-refractivity contribution is 0.0767. The summed E-state index contributed by atoms with van der Waals surface area (Å²) in [6, 6.07) is 9.27. The zero-order chi connectivity index (χ0) is 16.8. The molecule has 122 valence electrons. The molecule has 0 unspecified atom stereocenters. The van der Waals surface area contributed by atoms with Crippen molar-refractivity contribution in [2.24, 2.45) is 0 Å². The van der Waals surface area contributed by atoms with Crippen LogP contribution >= 0.6 is 11.6 Å². The molecule has 5 nitrogen and oxygen atoms in total. The van der Waals surface area contributed by atoms with Gasteiger partial charge >= 0.3 is 0 Å². The van der Waals surface area contributed by atoms with E-state index in [0.29, 0.717) is 36.3 Å². The Morgan fingerprint density at radius 1 is 1.17 bits per heavy atom. The van der Waals surface area contributed by atoms with Crippen molar-refractivity contribution < 1.29 is 4.79 Å². The van der Waals surface area contributed by atoms with Crippen LogP contribution in [0.3, 0.4) is 0 Å². The van der Waals surface area contributed by atoms with E-state index in [-0.39, 0.29) is 5.91 Å². The second-order valence-electron chi connectivity index (χ2n) is 5.18. The molecule has 0 aliphatic rings. The van der Waals surface area contributed by atoms with Gasteiger partial charge < -0.3 is 10.2 Å². The van der Waals surface area contributed by atoms with Crippen LogP contribution in [0.25, 0.3) is 0 Å². The number of halogens is 1. The molecule has 1 aromatic carbocycles. The molecule has 2 aromatic rings. The van der Waals surface area contributed by atoms with Crippen molar-refractivity contribution in [3.63, 3.8) is 0 Å². The minimum absolute atomic E-state index is 0.0740. The van der Waals surface area contributed by atoms with E-state index >= 15 is 0 Å². The Kier molecular flexibility index (Phi) is 5.93. The van der Waals surface area contributed by atoms with Crippen LogP contribution in [0.2, 0.25) is 5.02 Å². The highest BCUT2D eigenvalue weighted by Gasteiger charge is 2.15. The molecule has 0 fully saturated rings. The van der Waals surface area contributed by atoms with Gasteiger partial charge in [-0.25, -0.2) is 9.97 Å². The third kappa shape index (κ3) is 4.66. The molecule has 1 N–H and O–H groups in total. The molecule has 0 aliphatic carbocycles. The maximum Gasteiger partial charge on any atom is 0.272 e. The van der Waals surface area contributed by atoms with E-state index in [4.69, 9.17) is 11.6 Å². The van der Waals surface area contributed by atoms with Gasteiger partial charge in [0.25, 0.3) is 5.91 Å². The van der Waals surface area contributed by atoms with Crippen molar-refractivity contribution >= 4 is 23.5 Å². The fourth-order valence-corrected chi connectivity index (χ4v) is 2.34. The number of nitrogens with one attached hydrogen (secondary N) is 1. The molecule has 6 heteroatoms. The Morgan fingerprint density at radius 2 is 1.83 bits per heavy atom. The topological polar surface area (TPSA) is 58.1 Å². The van der Waals surface area contributed by atoms with Gasteiger partial charge in [0.2, 0.25) is 5.95 Å². The number of benzene rings is 1. The van der Waals surface area contributed by atoms with E-state index in [1.165, 1.54) is 0 Å². The molecule has 1 aromatic heterocycles. The summed E-state index contributed by atoms with van der Waals surface area (Å²) in [4.78, 5) is 22.8. The maximum atomic E-state index is 12.4. The predicted octanol–water partition coefficient (Wildman–Crippen LogP) is 3.53. The van der Waals surface area contributed by atoms with Gasteiger partial charge in [0.15, 0.2) is 0 Å². The van der Waals surface area contributed by atoms with Crippen LogP contribution in [0.15, 0.2) is 30.3 Å². The molecule has 0 radical (unpaired) electrons. The molecule has 1 heterocycles. The zero-order valence-corrected chi connectivity index (χ0v) is 14.4. The van der Waals surface area contributed by atoms with Gasteiger partial charge in [0.1, 0.15) is 5.69 Å². The Balaban J connectivity index is 2.13. The quantitative estimate of drug-likeness (QED) is 0.879. The first-order valence-electron chi connectivity index (χ1n) is 7.66. The van der Waals surface area contributed by atoms with Crippen molar-refractivity contribution in [2.45, 2.75) is 27.3 Å². The number of hydrogen-bond acceptors (Lipinski definition) is 4. The standard InChI is InChI=1S/C17H21ClN4O/c1-4-22(5-2)16(23)15-10-12(3)20-17(21-15)19-11-13-6-8-14(18)9-7-13/h6-10H,4-5,11H2,1-3H3,(H,19,20,21). The fourth-order valence-electron chi connectivity index (χ4n) is 2.21. The summed E-state index contributed by atoms with van der Waals surface area (Å²) in [6.45, 7) is 7.65. The molecule has 0 saturated heterocycles. The molecule has 0 atom stereocenters. The first-order chi connectivity index (χ1) is 11.0. The van der Waals surface area contributed by atoms with Gasteiger partial charge in [-0.1, -0.05) is 23.7 Å². The summed E-state index contributed by atoms with van der Waals surface area (Å²) in [6.07, 6.45) is 0. The normalized spacial score (nSPS) is 10.4. The summed E-state index contributed by atoms with van der Waals surface area (Å²) in [5.74, 6) is 0.380. The highest BCUT2D eigenvalue weighted by Crippen LogP contribution is 2.12. The molecule has 1 amide bonds. The lowest BCUT2D eigenvalue weighted by Gasteiger charge is -2.18. The van der Waals surface area contributed by atoms with Gasteiger partial charge in [-0.15, -0.1) is 0 Å². The molecule has 23 heavy (non-hydrogen) atoms. The Bertz CT molecular complexity index is 669. The van der Waals surface area contributed by atoms with E-state index in [0.717, 1.165) is 11.3 Å². The summed E-state index contributed by atoms with van der Waals surface area (Å²) in [7, 11) is 0. The Labute approximate surface area is 141 Å². The van der Waals surface area contributed by atoms with E-state index in [1.807, 2.05) is 45.0 Å². The smallest absolute Gasteiger partial charge is 0.272 e. The number of nitrogens with zero attached hydrogens (tertiary/aromatic N) is 3. The first-order valence-corrected chi connectivity index (χ1v) is 8.04. The lowest BCUT2D eigenvalue weighted by atomic mass is 10.2. The second-order valence-corrected chi connectivity index (χ2v) is 5.61. The van der Waals surface area contributed by atoms with Crippen molar-refractivity contribution in [1.29, 1.82) is 0 Å². The SMILES string of the molecule is CCN(CC)C(=O)c1cc(C)nc(NCc2ccc(Cl)cc2)n1. The van der Waals surface area contributed by atoms with Crippen LogP contribution in [-0.4, -0.2) is 33.9 Å². The molecule has 2 rings (SSSR count). The van der Waals surface area contributed by atoms with E-state index < -0.39 is 0 Å². The number of carbonyl (C=O) groups excluding carboxylic acids is 1. The molecule has 0 spiro atoms. The van der Waals surface area contributed by atoms with Crippen LogP contribution in [0.5, 0.6) is 0 Å². The molecule has 0 bridgehead atoms. The van der Waals surface area contributed by atoms with Crippen LogP contribution in [0.4, 0.5) is 5.95 Å². The maximum absolute atomic E-state index is 12.4. The fraction of sp³-hybridized carbons (Fsp3) is 0.353. The summed E-state index contributed by atoms with van der Waals surface area (Å²) in [5.41, 5.74) is 2.24.